The highest BCUT2D eigenvalue weighted by molar-refractivity contribution is 5.78. The molecule has 2 heteroatoms. The summed E-state index contributed by atoms with van der Waals surface area (Å²) in [6, 6.07) is 0. The summed E-state index contributed by atoms with van der Waals surface area (Å²) in [6.07, 6.45) is 3.52. The van der Waals surface area contributed by atoms with Crippen molar-refractivity contribution in [1.82, 2.24) is 4.90 Å². The minimum absolute atomic E-state index is 0.273. The summed E-state index contributed by atoms with van der Waals surface area (Å²) in [5.74, 6) is 0.273. The Kier molecular flexibility index (Phi) is 5.53. The second-order valence-corrected chi connectivity index (χ2v) is 2.23. The van der Waals surface area contributed by atoms with Crippen LogP contribution in [0.25, 0.3) is 0 Å². The second-order valence-electron chi connectivity index (χ2n) is 2.23. The fourth-order valence-electron chi connectivity index (χ4n) is 1.05. The molecule has 0 spiro atoms. The van der Waals surface area contributed by atoms with E-state index in [4.69, 9.17) is 0 Å². The lowest BCUT2D eigenvalue weighted by atomic mass is 10.4. The van der Waals surface area contributed by atoms with E-state index >= 15 is 0 Å². The molecule has 0 aromatic heterocycles. The fraction of sp³-hybridized carbons (Fsp3) is 0.667. The van der Waals surface area contributed by atoms with Gasteiger partial charge in [0.15, 0.2) is 0 Å². The molecule has 11 heavy (non-hydrogen) atoms. The topological polar surface area (TPSA) is 20.3 Å². The lowest BCUT2D eigenvalue weighted by Crippen LogP contribution is -2.24. The SMILES string of the molecule is C=CCN1CCCC1=O.CC. The van der Waals surface area contributed by atoms with Crippen molar-refractivity contribution in [3.8, 4) is 0 Å². The average molecular weight is 155 g/mol. The molecule has 1 aliphatic rings. The van der Waals surface area contributed by atoms with Gasteiger partial charge in [-0.2, -0.15) is 0 Å². The van der Waals surface area contributed by atoms with Crippen molar-refractivity contribution in [2.75, 3.05) is 13.1 Å². The summed E-state index contributed by atoms with van der Waals surface area (Å²) in [4.78, 5) is 12.7. The van der Waals surface area contributed by atoms with Crippen LogP contribution in [0.15, 0.2) is 12.7 Å². The molecular weight excluding hydrogens is 138 g/mol. The summed E-state index contributed by atoms with van der Waals surface area (Å²) in [7, 11) is 0. The molecular formula is C9H17NO. The lowest BCUT2D eigenvalue weighted by Gasteiger charge is -2.10. The van der Waals surface area contributed by atoms with Gasteiger partial charge in [-0.25, -0.2) is 0 Å². The van der Waals surface area contributed by atoms with E-state index in [9.17, 15) is 4.79 Å². The van der Waals surface area contributed by atoms with E-state index in [0.29, 0.717) is 0 Å². The molecule has 1 aliphatic heterocycles. The molecule has 2 nitrogen and oxygen atoms in total. The first-order chi connectivity index (χ1) is 5.34. The van der Waals surface area contributed by atoms with Gasteiger partial charge in [-0.05, 0) is 6.42 Å². The highest BCUT2D eigenvalue weighted by Gasteiger charge is 2.17. The van der Waals surface area contributed by atoms with Gasteiger partial charge in [-0.15, -0.1) is 6.58 Å². The monoisotopic (exact) mass is 155 g/mol. The first kappa shape index (κ1) is 10.2. The molecule has 1 heterocycles. The van der Waals surface area contributed by atoms with Crippen LogP contribution < -0.4 is 0 Å². The van der Waals surface area contributed by atoms with Crippen molar-refractivity contribution >= 4 is 5.91 Å². The van der Waals surface area contributed by atoms with Gasteiger partial charge in [0.25, 0.3) is 0 Å². The number of amides is 1. The van der Waals surface area contributed by atoms with E-state index in [2.05, 4.69) is 6.58 Å². The molecule has 0 aromatic carbocycles. The summed E-state index contributed by atoms with van der Waals surface area (Å²) in [5.41, 5.74) is 0. The van der Waals surface area contributed by atoms with E-state index < -0.39 is 0 Å². The number of carbonyl (C=O) groups is 1. The van der Waals surface area contributed by atoms with Gasteiger partial charge in [0, 0.05) is 19.5 Å². The van der Waals surface area contributed by atoms with Gasteiger partial charge < -0.3 is 4.90 Å². The molecule has 0 saturated carbocycles. The van der Waals surface area contributed by atoms with Gasteiger partial charge in [-0.1, -0.05) is 19.9 Å². The number of hydrogen-bond donors (Lipinski definition) is 0. The van der Waals surface area contributed by atoms with Crippen molar-refractivity contribution in [2.24, 2.45) is 0 Å². The first-order valence-electron chi connectivity index (χ1n) is 4.23. The van der Waals surface area contributed by atoms with E-state index in [-0.39, 0.29) is 5.91 Å². The Labute approximate surface area is 68.9 Å². The van der Waals surface area contributed by atoms with Crippen molar-refractivity contribution in [3.63, 3.8) is 0 Å². The van der Waals surface area contributed by atoms with E-state index in [1.807, 2.05) is 18.7 Å². The van der Waals surface area contributed by atoms with Crippen LogP contribution in [-0.2, 0) is 4.79 Å². The minimum atomic E-state index is 0.273. The Hall–Kier alpha value is -0.790. The van der Waals surface area contributed by atoms with Crippen LogP contribution in [0.4, 0.5) is 0 Å². The Morgan fingerprint density at radius 1 is 1.64 bits per heavy atom. The van der Waals surface area contributed by atoms with Crippen LogP contribution in [0, 0.1) is 0 Å². The normalized spacial score (nSPS) is 15.8. The molecule has 1 fully saturated rings. The molecule has 1 amide bonds. The molecule has 0 aliphatic carbocycles. The van der Waals surface area contributed by atoms with E-state index in [1.165, 1.54) is 0 Å². The van der Waals surface area contributed by atoms with Crippen LogP contribution >= 0.6 is 0 Å². The number of carbonyl (C=O) groups excluding carboxylic acids is 1. The fourth-order valence-corrected chi connectivity index (χ4v) is 1.05. The van der Waals surface area contributed by atoms with E-state index in [0.717, 1.165) is 25.9 Å². The molecule has 0 bridgehead atoms. The highest BCUT2D eigenvalue weighted by atomic mass is 16.2. The number of likely N-dealkylation sites (tertiary alicyclic amines) is 1. The van der Waals surface area contributed by atoms with Gasteiger partial charge in [-0.3, -0.25) is 4.79 Å². The first-order valence-corrected chi connectivity index (χ1v) is 4.23. The molecule has 64 valence electrons. The van der Waals surface area contributed by atoms with Gasteiger partial charge >= 0.3 is 0 Å². The van der Waals surface area contributed by atoms with Crippen molar-refractivity contribution in [2.45, 2.75) is 26.7 Å². The minimum Gasteiger partial charge on any atom is -0.339 e. The zero-order chi connectivity index (χ0) is 8.69. The van der Waals surface area contributed by atoms with Crippen LogP contribution in [-0.4, -0.2) is 23.9 Å². The van der Waals surface area contributed by atoms with Crippen molar-refractivity contribution in [1.29, 1.82) is 0 Å². The quantitative estimate of drug-likeness (QED) is 0.557. The maximum absolute atomic E-state index is 10.8. The highest BCUT2D eigenvalue weighted by Crippen LogP contribution is 2.07. The van der Waals surface area contributed by atoms with Gasteiger partial charge in [0.05, 0.1) is 0 Å². The van der Waals surface area contributed by atoms with Crippen molar-refractivity contribution < 1.29 is 4.79 Å². The summed E-state index contributed by atoms with van der Waals surface area (Å²) >= 11 is 0. The second kappa shape index (κ2) is 5.96. The van der Waals surface area contributed by atoms with Crippen LogP contribution in [0.1, 0.15) is 26.7 Å². The summed E-state index contributed by atoms with van der Waals surface area (Å²) in [5, 5.41) is 0. The van der Waals surface area contributed by atoms with Gasteiger partial charge in [0.1, 0.15) is 0 Å². The lowest BCUT2D eigenvalue weighted by molar-refractivity contribution is -0.127. The third-order valence-corrected chi connectivity index (χ3v) is 1.52. The van der Waals surface area contributed by atoms with Crippen molar-refractivity contribution in [3.05, 3.63) is 12.7 Å². The third-order valence-electron chi connectivity index (χ3n) is 1.52. The summed E-state index contributed by atoms with van der Waals surface area (Å²) in [6.45, 7) is 9.21. The predicted molar refractivity (Wildman–Crippen MR) is 47.4 cm³/mol. The largest absolute Gasteiger partial charge is 0.339 e. The summed E-state index contributed by atoms with van der Waals surface area (Å²) < 4.78 is 0. The van der Waals surface area contributed by atoms with Crippen LogP contribution in [0.3, 0.4) is 0 Å². The molecule has 0 atom stereocenters. The van der Waals surface area contributed by atoms with Crippen LogP contribution in [0.5, 0.6) is 0 Å². The molecule has 1 rings (SSSR count). The van der Waals surface area contributed by atoms with Gasteiger partial charge in [0.2, 0.25) is 5.91 Å². The maximum Gasteiger partial charge on any atom is 0.222 e. The number of rotatable bonds is 2. The standard InChI is InChI=1S/C7H11NO.C2H6/c1-2-5-8-6-3-4-7(8)9;1-2/h2H,1,3-6H2;1-2H3. The number of hydrogen-bond acceptors (Lipinski definition) is 1. The average Bonchev–Trinajstić information content (AvgIpc) is 2.42. The zero-order valence-electron chi connectivity index (χ0n) is 7.47. The molecule has 0 radical (unpaired) electrons. The maximum atomic E-state index is 10.8. The molecule has 0 aromatic rings. The Morgan fingerprint density at radius 3 is 2.64 bits per heavy atom. The van der Waals surface area contributed by atoms with Crippen LogP contribution in [0.2, 0.25) is 0 Å². The number of nitrogens with zero attached hydrogens (tertiary/aromatic N) is 1. The molecule has 0 N–H and O–H groups in total. The third kappa shape index (κ3) is 3.21. The Bertz CT molecular complexity index is 132. The zero-order valence-corrected chi connectivity index (χ0v) is 7.47. The Morgan fingerprint density at radius 2 is 2.27 bits per heavy atom. The molecule has 1 saturated heterocycles. The predicted octanol–water partition coefficient (Wildman–Crippen LogP) is 1.82. The Balaban J connectivity index is 0.000000461. The van der Waals surface area contributed by atoms with E-state index in [1.54, 1.807) is 6.08 Å². The molecule has 0 unspecified atom stereocenters. The smallest absolute Gasteiger partial charge is 0.222 e.